The van der Waals surface area contributed by atoms with Gasteiger partial charge in [-0.2, -0.15) is 0 Å². The molecular formula is C51H62O13. The minimum absolute atomic E-state index is 0.169. The molecule has 13 heteroatoms. The van der Waals surface area contributed by atoms with E-state index in [1.54, 1.807) is 0 Å². The molecule has 344 valence electrons. The van der Waals surface area contributed by atoms with Gasteiger partial charge in [0, 0.05) is 13.3 Å². The number of carbonyl (C=O) groups excluding carboxylic acids is 1. The van der Waals surface area contributed by atoms with Gasteiger partial charge >= 0.3 is 5.97 Å². The van der Waals surface area contributed by atoms with Gasteiger partial charge in [-0.1, -0.05) is 121 Å². The molecule has 0 aliphatic carbocycles. The van der Waals surface area contributed by atoms with Gasteiger partial charge in [-0.25, -0.2) is 0 Å². The van der Waals surface area contributed by atoms with Gasteiger partial charge in [0.25, 0.3) is 0 Å². The summed E-state index contributed by atoms with van der Waals surface area (Å²) in [6.07, 6.45) is -7.28. The van der Waals surface area contributed by atoms with E-state index in [1.165, 1.54) is 6.92 Å². The Morgan fingerprint density at radius 3 is 1.64 bits per heavy atom. The molecule has 0 N–H and O–H groups in total. The second-order valence-electron chi connectivity index (χ2n) is 17.7. The van der Waals surface area contributed by atoms with Gasteiger partial charge in [-0.3, -0.25) is 4.79 Å². The van der Waals surface area contributed by atoms with Gasteiger partial charge in [0.2, 0.25) is 0 Å². The molecule has 4 aliphatic rings. The van der Waals surface area contributed by atoms with Crippen LogP contribution in [0.3, 0.4) is 0 Å². The third-order valence-electron chi connectivity index (χ3n) is 11.7. The lowest BCUT2D eigenvalue weighted by molar-refractivity contribution is -0.298. The Bertz CT molecular complexity index is 2020. The number of hydrogen-bond donors (Lipinski definition) is 0. The van der Waals surface area contributed by atoms with E-state index in [0.29, 0.717) is 19.6 Å². The molecule has 0 bridgehead atoms. The molecular weight excluding hydrogens is 821 g/mol. The van der Waals surface area contributed by atoms with Crippen LogP contribution in [0.5, 0.6) is 0 Å². The molecule has 4 aliphatic heterocycles. The molecule has 4 fully saturated rings. The Hall–Kier alpha value is -4.09. The zero-order chi connectivity index (χ0) is 44.5. The van der Waals surface area contributed by atoms with Gasteiger partial charge in [0.1, 0.15) is 55.4 Å². The molecule has 2 unspecified atom stereocenters. The Balaban J connectivity index is 1.17. The van der Waals surface area contributed by atoms with Crippen LogP contribution in [0.1, 0.15) is 63.3 Å². The van der Waals surface area contributed by atoms with E-state index < -0.39 is 78.8 Å². The first-order valence-corrected chi connectivity index (χ1v) is 22.3. The third-order valence-corrected chi connectivity index (χ3v) is 11.7. The average Bonchev–Trinajstić information content (AvgIpc) is 3.91. The molecule has 64 heavy (non-hydrogen) atoms. The van der Waals surface area contributed by atoms with Crippen LogP contribution in [0.15, 0.2) is 121 Å². The highest BCUT2D eigenvalue weighted by Crippen LogP contribution is 2.42. The van der Waals surface area contributed by atoms with E-state index in [4.69, 9.17) is 56.8 Å². The van der Waals surface area contributed by atoms with E-state index in [2.05, 4.69) is 0 Å². The summed E-state index contributed by atoms with van der Waals surface area (Å²) in [6.45, 7) is 10.3. The maximum Gasteiger partial charge on any atom is 0.302 e. The second-order valence-corrected chi connectivity index (χ2v) is 17.7. The summed E-state index contributed by atoms with van der Waals surface area (Å²) >= 11 is 0. The first-order chi connectivity index (χ1) is 31.0. The standard InChI is InChI=1S/C51H62O13/c1-34(52)54-33-42(45-46(57-30-38-24-16-9-17-25-38)48-49(61-45)64-51(4,5)63-48)60-47-43(55-28-36-20-12-7-13-21-36)40(26-39-31-58-50(2,3)62-39)59-41(32-53-27-35-18-10-6-11-19-35)44(47)56-29-37-22-14-8-15-23-37/h6-25,39-49H,26-33H2,1-5H3/t39?,40-,41-,42?,43-,44-,45-,46-,47-,48-,49-/m1/s1. The molecule has 0 radical (unpaired) electrons. The Kier molecular flexibility index (Phi) is 15.6. The SMILES string of the molecule is CC(=O)OCC(O[C@H]1[C@H](OCc2ccccc2)[C@@H](COCc2ccccc2)O[C@H](CC2COC(C)(C)O2)[C@H]1OCc1ccccc1)[C@H]1O[C@@H]2OC(C)(C)O[C@@H]2[C@@H]1OCc1ccccc1. The van der Waals surface area contributed by atoms with E-state index >= 15 is 0 Å². The van der Waals surface area contributed by atoms with Gasteiger partial charge in [-0.05, 0) is 49.9 Å². The van der Waals surface area contributed by atoms with E-state index in [1.807, 2.05) is 149 Å². The van der Waals surface area contributed by atoms with Crippen molar-refractivity contribution in [2.24, 2.45) is 0 Å². The van der Waals surface area contributed by atoms with Crippen LogP contribution in [-0.4, -0.2) is 105 Å². The number of carbonyl (C=O) groups is 1. The van der Waals surface area contributed by atoms with Crippen LogP contribution in [-0.2, 0) is 88.1 Å². The lowest BCUT2D eigenvalue weighted by atomic mass is 9.90. The molecule has 0 spiro atoms. The molecule has 0 amide bonds. The van der Waals surface area contributed by atoms with Crippen molar-refractivity contribution in [1.29, 1.82) is 0 Å². The van der Waals surface area contributed by atoms with E-state index in [0.717, 1.165) is 22.3 Å². The quantitative estimate of drug-likeness (QED) is 0.0816. The molecule has 4 aromatic rings. The maximum atomic E-state index is 12.7. The van der Waals surface area contributed by atoms with Crippen LogP contribution >= 0.6 is 0 Å². The van der Waals surface area contributed by atoms with Crippen LogP contribution in [0.2, 0.25) is 0 Å². The molecule has 0 saturated carbocycles. The van der Waals surface area contributed by atoms with Crippen molar-refractivity contribution in [3.05, 3.63) is 144 Å². The van der Waals surface area contributed by atoms with Crippen molar-refractivity contribution in [3.8, 4) is 0 Å². The fourth-order valence-corrected chi connectivity index (χ4v) is 8.78. The number of ether oxygens (including phenoxy) is 12. The maximum absolute atomic E-state index is 12.7. The third kappa shape index (κ3) is 12.4. The normalized spacial score (nSPS) is 29.9. The lowest BCUT2D eigenvalue weighted by Gasteiger charge is -2.48. The predicted octanol–water partition coefficient (Wildman–Crippen LogP) is 7.46. The second kappa shape index (κ2) is 21.5. The van der Waals surface area contributed by atoms with Crippen molar-refractivity contribution >= 4 is 5.97 Å². The van der Waals surface area contributed by atoms with Crippen molar-refractivity contribution in [2.45, 2.75) is 146 Å². The monoisotopic (exact) mass is 882 g/mol. The lowest BCUT2D eigenvalue weighted by Crippen LogP contribution is -2.63. The Labute approximate surface area is 376 Å². The molecule has 4 saturated heterocycles. The number of fused-ring (bicyclic) bond motifs is 1. The molecule has 4 heterocycles. The summed E-state index contributed by atoms with van der Waals surface area (Å²) in [6, 6.07) is 39.8. The Morgan fingerprint density at radius 2 is 1.12 bits per heavy atom. The number of benzene rings is 4. The Morgan fingerprint density at radius 1 is 0.609 bits per heavy atom. The van der Waals surface area contributed by atoms with Crippen LogP contribution in [0, 0.1) is 0 Å². The average molecular weight is 883 g/mol. The highest BCUT2D eigenvalue weighted by atomic mass is 16.8. The largest absolute Gasteiger partial charge is 0.463 e. The number of hydrogen-bond acceptors (Lipinski definition) is 13. The summed E-state index contributed by atoms with van der Waals surface area (Å²) < 4.78 is 79.3. The fraction of sp³-hybridized carbons (Fsp3) is 0.510. The van der Waals surface area contributed by atoms with Gasteiger partial charge in [0.05, 0.1) is 51.8 Å². The summed E-state index contributed by atoms with van der Waals surface area (Å²) in [7, 11) is 0. The van der Waals surface area contributed by atoms with E-state index in [9.17, 15) is 4.79 Å². The predicted molar refractivity (Wildman–Crippen MR) is 233 cm³/mol. The highest BCUT2D eigenvalue weighted by molar-refractivity contribution is 5.65. The molecule has 11 atom stereocenters. The first-order valence-electron chi connectivity index (χ1n) is 22.3. The summed E-state index contributed by atoms with van der Waals surface area (Å²) in [5.74, 6) is -2.17. The first kappa shape index (κ1) is 46.4. The van der Waals surface area contributed by atoms with Crippen molar-refractivity contribution in [1.82, 2.24) is 0 Å². The zero-order valence-electron chi connectivity index (χ0n) is 37.4. The van der Waals surface area contributed by atoms with Crippen LogP contribution < -0.4 is 0 Å². The zero-order valence-corrected chi connectivity index (χ0v) is 37.4. The smallest absolute Gasteiger partial charge is 0.302 e. The van der Waals surface area contributed by atoms with Gasteiger partial charge < -0.3 is 56.8 Å². The topological polar surface area (TPSA) is 128 Å². The summed E-state index contributed by atoms with van der Waals surface area (Å²) in [5, 5.41) is 0. The number of rotatable bonds is 20. The molecule has 13 nitrogen and oxygen atoms in total. The van der Waals surface area contributed by atoms with Crippen LogP contribution in [0.25, 0.3) is 0 Å². The van der Waals surface area contributed by atoms with Crippen molar-refractivity contribution < 1.29 is 61.6 Å². The molecule has 4 aromatic carbocycles. The summed E-state index contributed by atoms with van der Waals surface area (Å²) in [4.78, 5) is 12.7. The number of esters is 1. The minimum Gasteiger partial charge on any atom is -0.463 e. The molecule has 0 aromatic heterocycles. The minimum atomic E-state index is -0.921. The van der Waals surface area contributed by atoms with Crippen LogP contribution in [0.4, 0.5) is 0 Å². The summed E-state index contributed by atoms with van der Waals surface area (Å²) in [5.41, 5.74) is 3.91. The fourth-order valence-electron chi connectivity index (χ4n) is 8.78. The van der Waals surface area contributed by atoms with E-state index in [-0.39, 0.29) is 39.1 Å². The van der Waals surface area contributed by atoms with Gasteiger partial charge in [-0.15, -0.1) is 0 Å². The van der Waals surface area contributed by atoms with Crippen molar-refractivity contribution in [2.75, 3.05) is 19.8 Å². The molecule has 8 rings (SSSR count). The highest BCUT2D eigenvalue weighted by Gasteiger charge is 2.59. The van der Waals surface area contributed by atoms with Gasteiger partial charge in [0.15, 0.2) is 17.9 Å². The van der Waals surface area contributed by atoms with Crippen molar-refractivity contribution in [3.63, 3.8) is 0 Å².